The molecule has 0 radical (unpaired) electrons. The molecule has 3 N–H and O–H groups in total. The van der Waals surface area contributed by atoms with Crippen LogP contribution in [0.2, 0.25) is 0 Å². The minimum atomic E-state index is -0.409. The van der Waals surface area contributed by atoms with Gasteiger partial charge in [0, 0.05) is 32.0 Å². The number of hydrogen-bond acceptors (Lipinski definition) is 4. The van der Waals surface area contributed by atoms with Gasteiger partial charge < -0.3 is 20.6 Å². The summed E-state index contributed by atoms with van der Waals surface area (Å²) in [5.74, 6) is 0.125. The molecular formula is C24H27N3O2. The van der Waals surface area contributed by atoms with Crippen molar-refractivity contribution in [2.45, 2.75) is 19.0 Å². The summed E-state index contributed by atoms with van der Waals surface area (Å²) in [7, 11) is 3.96. The second-order valence-corrected chi connectivity index (χ2v) is 7.22. The number of benzene rings is 3. The average molecular weight is 389 g/mol. The van der Waals surface area contributed by atoms with E-state index in [1.807, 2.05) is 85.7 Å². The standard InChI is InChI=1S/C24H27N3O2/c1-27(2)21-12-10-20(11-13-21)26-24(29)23(16-18-8-14-22(28)15-9-18)25-17-19-6-4-3-5-7-19/h3-15,23,25,28H,16-17H2,1-2H3,(H,26,29)/t23-/m0/s1. The van der Waals surface area contributed by atoms with Crippen LogP contribution in [0.3, 0.4) is 0 Å². The Labute approximate surface area is 172 Å². The smallest absolute Gasteiger partial charge is 0.241 e. The van der Waals surface area contributed by atoms with E-state index in [9.17, 15) is 9.90 Å². The molecule has 3 aromatic carbocycles. The maximum atomic E-state index is 13.0. The molecule has 0 aromatic heterocycles. The van der Waals surface area contributed by atoms with Gasteiger partial charge in [0.05, 0.1) is 6.04 Å². The molecule has 0 heterocycles. The number of aromatic hydroxyl groups is 1. The van der Waals surface area contributed by atoms with Crippen LogP contribution in [0.1, 0.15) is 11.1 Å². The van der Waals surface area contributed by atoms with E-state index >= 15 is 0 Å². The lowest BCUT2D eigenvalue weighted by molar-refractivity contribution is -0.118. The summed E-state index contributed by atoms with van der Waals surface area (Å²) < 4.78 is 0. The molecule has 150 valence electrons. The van der Waals surface area contributed by atoms with Crippen molar-refractivity contribution in [1.82, 2.24) is 5.32 Å². The van der Waals surface area contributed by atoms with Crippen molar-refractivity contribution in [3.8, 4) is 5.75 Å². The molecule has 0 aliphatic carbocycles. The van der Waals surface area contributed by atoms with Gasteiger partial charge in [-0.3, -0.25) is 4.79 Å². The minimum Gasteiger partial charge on any atom is -0.508 e. The zero-order chi connectivity index (χ0) is 20.6. The van der Waals surface area contributed by atoms with E-state index in [0.29, 0.717) is 13.0 Å². The second-order valence-electron chi connectivity index (χ2n) is 7.22. The molecule has 0 fully saturated rings. The number of rotatable bonds is 8. The number of hydrogen-bond donors (Lipinski definition) is 3. The second kappa shape index (κ2) is 9.75. The summed E-state index contributed by atoms with van der Waals surface area (Å²) in [4.78, 5) is 15.0. The molecule has 5 nitrogen and oxygen atoms in total. The first-order valence-electron chi connectivity index (χ1n) is 9.65. The van der Waals surface area contributed by atoms with E-state index in [0.717, 1.165) is 22.5 Å². The van der Waals surface area contributed by atoms with Crippen LogP contribution in [0.25, 0.3) is 0 Å². The fourth-order valence-electron chi connectivity index (χ4n) is 3.03. The molecule has 0 aliphatic heterocycles. The van der Waals surface area contributed by atoms with Gasteiger partial charge in [-0.2, -0.15) is 0 Å². The number of nitrogens with one attached hydrogen (secondary N) is 2. The zero-order valence-corrected chi connectivity index (χ0v) is 16.8. The van der Waals surface area contributed by atoms with E-state index in [-0.39, 0.29) is 11.7 Å². The number of nitrogens with zero attached hydrogens (tertiary/aromatic N) is 1. The lowest BCUT2D eigenvalue weighted by Gasteiger charge is -2.19. The maximum absolute atomic E-state index is 13.0. The fraction of sp³-hybridized carbons (Fsp3) is 0.208. The third kappa shape index (κ3) is 6.09. The van der Waals surface area contributed by atoms with E-state index in [1.165, 1.54) is 0 Å². The van der Waals surface area contributed by atoms with E-state index in [4.69, 9.17) is 0 Å². The van der Waals surface area contributed by atoms with Crippen molar-refractivity contribution in [3.63, 3.8) is 0 Å². The summed E-state index contributed by atoms with van der Waals surface area (Å²) in [6.07, 6.45) is 0.523. The molecule has 0 saturated heterocycles. The van der Waals surface area contributed by atoms with Gasteiger partial charge in [-0.15, -0.1) is 0 Å². The van der Waals surface area contributed by atoms with Crippen LogP contribution < -0.4 is 15.5 Å². The average Bonchev–Trinajstić information content (AvgIpc) is 2.73. The van der Waals surface area contributed by atoms with Crippen LogP contribution in [0.4, 0.5) is 11.4 Å². The first-order chi connectivity index (χ1) is 14.0. The highest BCUT2D eigenvalue weighted by atomic mass is 16.3. The quantitative estimate of drug-likeness (QED) is 0.548. The molecule has 0 bridgehead atoms. The summed E-state index contributed by atoms with van der Waals surface area (Å²) in [5.41, 5.74) is 3.93. The Hall–Kier alpha value is -3.31. The van der Waals surface area contributed by atoms with Crippen LogP contribution in [0.5, 0.6) is 5.75 Å². The van der Waals surface area contributed by atoms with Crippen molar-refractivity contribution in [1.29, 1.82) is 0 Å². The van der Waals surface area contributed by atoms with Crippen LogP contribution in [0, 0.1) is 0 Å². The van der Waals surface area contributed by atoms with Crippen LogP contribution in [-0.2, 0) is 17.8 Å². The van der Waals surface area contributed by atoms with E-state index < -0.39 is 6.04 Å². The topological polar surface area (TPSA) is 64.6 Å². The summed E-state index contributed by atoms with van der Waals surface area (Å²) in [6, 6.07) is 24.3. The normalized spacial score (nSPS) is 11.7. The zero-order valence-electron chi connectivity index (χ0n) is 16.8. The number of carbonyl (C=O) groups excluding carboxylic acids is 1. The minimum absolute atomic E-state index is 0.0911. The molecule has 29 heavy (non-hydrogen) atoms. The Kier molecular flexibility index (Phi) is 6.87. The number of phenolic OH excluding ortho intramolecular Hbond substituents is 1. The van der Waals surface area contributed by atoms with Crippen LogP contribution in [0.15, 0.2) is 78.9 Å². The highest BCUT2D eigenvalue weighted by molar-refractivity contribution is 5.95. The van der Waals surface area contributed by atoms with Gasteiger partial charge in [-0.1, -0.05) is 42.5 Å². The third-order valence-electron chi connectivity index (χ3n) is 4.74. The maximum Gasteiger partial charge on any atom is 0.241 e. The van der Waals surface area contributed by atoms with Crippen LogP contribution in [-0.4, -0.2) is 31.2 Å². The van der Waals surface area contributed by atoms with E-state index in [1.54, 1.807) is 12.1 Å². The fourth-order valence-corrected chi connectivity index (χ4v) is 3.03. The van der Waals surface area contributed by atoms with Crippen molar-refractivity contribution in [3.05, 3.63) is 90.0 Å². The van der Waals surface area contributed by atoms with Crippen LogP contribution >= 0.6 is 0 Å². The molecule has 0 aliphatic rings. The third-order valence-corrected chi connectivity index (χ3v) is 4.74. The molecule has 1 amide bonds. The first kappa shape index (κ1) is 20.4. The van der Waals surface area contributed by atoms with Crippen molar-refractivity contribution < 1.29 is 9.90 Å². The Morgan fingerprint density at radius 2 is 1.55 bits per heavy atom. The van der Waals surface area contributed by atoms with Gasteiger partial charge in [0.25, 0.3) is 0 Å². The van der Waals surface area contributed by atoms with Gasteiger partial charge in [-0.25, -0.2) is 0 Å². The Morgan fingerprint density at radius 1 is 0.897 bits per heavy atom. The van der Waals surface area contributed by atoms with Crippen molar-refractivity contribution in [2.24, 2.45) is 0 Å². The molecule has 3 aromatic rings. The predicted octanol–water partition coefficient (Wildman–Crippen LogP) is 3.80. The monoisotopic (exact) mass is 389 g/mol. The lowest BCUT2D eigenvalue weighted by Crippen LogP contribution is -2.41. The highest BCUT2D eigenvalue weighted by Crippen LogP contribution is 2.17. The Balaban J connectivity index is 1.71. The van der Waals surface area contributed by atoms with Gasteiger partial charge in [0.2, 0.25) is 5.91 Å². The van der Waals surface area contributed by atoms with Crippen molar-refractivity contribution >= 4 is 17.3 Å². The number of carbonyl (C=O) groups is 1. The predicted molar refractivity (Wildman–Crippen MR) is 118 cm³/mol. The van der Waals surface area contributed by atoms with Gasteiger partial charge in [0.1, 0.15) is 5.75 Å². The molecular weight excluding hydrogens is 362 g/mol. The van der Waals surface area contributed by atoms with E-state index in [2.05, 4.69) is 10.6 Å². The van der Waals surface area contributed by atoms with Crippen molar-refractivity contribution in [2.75, 3.05) is 24.3 Å². The SMILES string of the molecule is CN(C)c1ccc(NC(=O)[C@H](Cc2ccc(O)cc2)NCc2ccccc2)cc1. The first-order valence-corrected chi connectivity index (χ1v) is 9.65. The molecule has 0 spiro atoms. The molecule has 0 saturated carbocycles. The van der Waals surface area contributed by atoms with Gasteiger partial charge in [-0.05, 0) is 53.9 Å². The highest BCUT2D eigenvalue weighted by Gasteiger charge is 2.19. The molecule has 5 heteroatoms. The number of anilines is 2. The molecule has 0 unspecified atom stereocenters. The van der Waals surface area contributed by atoms with Gasteiger partial charge >= 0.3 is 0 Å². The Morgan fingerprint density at radius 3 is 2.17 bits per heavy atom. The lowest BCUT2D eigenvalue weighted by atomic mass is 10.0. The number of amides is 1. The molecule has 1 atom stereocenters. The summed E-state index contributed by atoms with van der Waals surface area (Å²) >= 11 is 0. The number of phenols is 1. The van der Waals surface area contributed by atoms with Gasteiger partial charge in [0.15, 0.2) is 0 Å². The molecule has 3 rings (SSSR count). The largest absolute Gasteiger partial charge is 0.508 e. The summed E-state index contributed by atoms with van der Waals surface area (Å²) in [6.45, 7) is 0.594. The summed E-state index contributed by atoms with van der Waals surface area (Å²) in [5, 5.41) is 15.9. The Bertz CT molecular complexity index is 907.